The van der Waals surface area contributed by atoms with Crippen molar-refractivity contribution in [2.24, 2.45) is 0 Å². The lowest BCUT2D eigenvalue weighted by molar-refractivity contribution is -0.216. The second-order valence-corrected chi connectivity index (χ2v) is 6.30. The van der Waals surface area contributed by atoms with E-state index in [0.29, 0.717) is 25.2 Å². The Morgan fingerprint density at radius 1 is 1.43 bits per heavy atom. The van der Waals surface area contributed by atoms with E-state index < -0.39 is 23.5 Å². The predicted octanol–water partition coefficient (Wildman–Crippen LogP) is 1.11. The first kappa shape index (κ1) is 16.0. The molecule has 2 N–H and O–H groups in total. The summed E-state index contributed by atoms with van der Waals surface area (Å²) in [4.78, 5) is 13.9. The fourth-order valence-electron chi connectivity index (χ4n) is 3.08. The van der Waals surface area contributed by atoms with Crippen molar-refractivity contribution in [1.29, 1.82) is 0 Å². The molecule has 1 saturated carbocycles. The van der Waals surface area contributed by atoms with Crippen molar-refractivity contribution in [3.8, 4) is 0 Å². The van der Waals surface area contributed by atoms with Gasteiger partial charge in [-0.15, -0.1) is 5.10 Å². The number of nitrogens with zero attached hydrogens (tertiary/aromatic N) is 3. The molecule has 6 nitrogen and oxygen atoms in total. The standard InChI is InChI=1S/C15H20F2N4O2/c16-15(17,14(23)6-3-7-14)13(22)19-11-4-2-9-21(10-11)12-5-1-8-18-20-12/h1,5,8,11,23H,2-4,6-7,9-10H2,(H,19,22). The van der Waals surface area contributed by atoms with E-state index in [2.05, 4.69) is 15.5 Å². The molecule has 2 fully saturated rings. The van der Waals surface area contributed by atoms with E-state index in [1.165, 1.54) is 0 Å². The molecule has 3 rings (SSSR count). The van der Waals surface area contributed by atoms with Crippen LogP contribution in [0.5, 0.6) is 0 Å². The number of aromatic nitrogens is 2. The highest BCUT2D eigenvalue weighted by Gasteiger charge is 2.61. The van der Waals surface area contributed by atoms with Gasteiger partial charge in [0, 0.05) is 25.3 Å². The van der Waals surface area contributed by atoms with Crippen LogP contribution in [0, 0.1) is 0 Å². The Morgan fingerprint density at radius 2 is 2.22 bits per heavy atom. The van der Waals surface area contributed by atoms with E-state index in [-0.39, 0.29) is 12.8 Å². The smallest absolute Gasteiger partial charge is 0.352 e. The maximum atomic E-state index is 14.1. The van der Waals surface area contributed by atoms with Gasteiger partial charge in [0.2, 0.25) is 0 Å². The average molecular weight is 326 g/mol. The normalized spacial score (nSPS) is 24.0. The van der Waals surface area contributed by atoms with Crippen LogP contribution in [0.4, 0.5) is 14.6 Å². The van der Waals surface area contributed by atoms with Gasteiger partial charge in [0.1, 0.15) is 5.60 Å². The molecular weight excluding hydrogens is 306 g/mol. The number of carbonyl (C=O) groups excluding carboxylic acids is 1. The van der Waals surface area contributed by atoms with E-state index in [0.717, 1.165) is 13.0 Å². The highest BCUT2D eigenvalue weighted by molar-refractivity contribution is 5.85. The zero-order valence-corrected chi connectivity index (χ0v) is 12.7. The molecule has 2 aliphatic rings. The number of carbonyl (C=O) groups is 1. The first-order valence-corrected chi connectivity index (χ1v) is 7.86. The van der Waals surface area contributed by atoms with Gasteiger partial charge in [-0.05, 0) is 44.2 Å². The van der Waals surface area contributed by atoms with Crippen molar-refractivity contribution in [1.82, 2.24) is 15.5 Å². The molecule has 0 radical (unpaired) electrons. The fraction of sp³-hybridized carbons (Fsp3) is 0.667. The Kier molecular flexibility index (Phi) is 4.18. The Bertz CT molecular complexity index is 566. The number of halogens is 2. The molecule has 126 valence electrons. The van der Waals surface area contributed by atoms with Crippen LogP contribution in [0.2, 0.25) is 0 Å². The molecule has 0 bridgehead atoms. The summed E-state index contributed by atoms with van der Waals surface area (Å²) in [5.74, 6) is -4.47. The second kappa shape index (κ2) is 5.99. The van der Waals surface area contributed by atoms with E-state index in [1.54, 1.807) is 18.3 Å². The quantitative estimate of drug-likeness (QED) is 0.867. The Morgan fingerprint density at radius 3 is 2.83 bits per heavy atom. The highest BCUT2D eigenvalue weighted by atomic mass is 19.3. The summed E-state index contributed by atoms with van der Waals surface area (Å²) >= 11 is 0. The fourth-order valence-corrected chi connectivity index (χ4v) is 3.08. The molecule has 0 aromatic carbocycles. The maximum Gasteiger partial charge on any atom is 0.352 e. The van der Waals surface area contributed by atoms with Crippen molar-refractivity contribution in [2.45, 2.75) is 49.7 Å². The lowest BCUT2D eigenvalue weighted by atomic mass is 9.75. The lowest BCUT2D eigenvalue weighted by Crippen LogP contribution is -2.63. The molecule has 1 aromatic heterocycles. The van der Waals surface area contributed by atoms with Gasteiger partial charge in [-0.3, -0.25) is 4.79 Å². The van der Waals surface area contributed by atoms with Crippen molar-refractivity contribution in [3.63, 3.8) is 0 Å². The Balaban J connectivity index is 1.62. The van der Waals surface area contributed by atoms with Crippen LogP contribution in [0.15, 0.2) is 18.3 Å². The molecule has 1 saturated heterocycles. The maximum absolute atomic E-state index is 14.1. The van der Waals surface area contributed by atoms with E-state index in [9.17, 15) is 18.7 Å². The molecule has 1 unspecified atom stereocenters. The Labute approximate surface area is 132 Å². The van der Waals surface area contributed by atoms with Gasteiger partial charge in [0.25, 0.3) is 5.91 Å². The lowest BCUT2D eigenvalue weighted by Gasteiger charge is -2.42. The van der Waals surface area contributed by atoms with Gasteiger partial charge < -0.3 is 15.3 Å². The first-order valence-electron chi connectivity index (χ1n) is 7.86. The van der Waals surface area contributed by atoms with E-state index in [1.807, 2.05) is 4.90 Å². The minimum atomic E-state index is -3.75. The van der Waals surface area contributed by atoms with Crippen LogP contribution in [0.3, 0.4) is 0 Å². The van der Waals surface area contributed by atoms with Crippen LogP contribution in [0.25, 0.3) is 0 Å². The van der Waals surface area contributed by atoms with Crippen LogP contribution < -0.4 is 10.2 Å². The minimum Gasteiger partial charge on any atom is -0.383 e. The summed E-state index contributed by atoms with van der Waals surface area (Å²) in [6.45, 7) is 1.14. The topological polar surface area (TPSA) is 78.4 Å². The number of hydrogen-bond donors (Lipinski definition) is 2. The number of nitrogens with one attached hydrogen (secondary N) is 1. The predicted molar refractivity (Wildman–Crippen MR) is 79.2 cm³/mol. The summed E-state index contributed by atoms with van der Waals surface area (Å²) in [6.07, 6.45) is 3.39. The van der Waals surface area contributed by atoms with Gasteiger partial charge in [-0.1, -0.05) is 0 Å². The SMILES string of the molecule is O=C(NC1CCCN(c2cccnn2)C1)C(F)(F)C1(O)CCC1. The molecule has 1 aliphatic heterocycles. The van der Waals surface area contributed by atoms with Crippen molar-refractivity contribution in [2.75, 3.05) is 18.0 Å². The number of amides is 1. The van der Waals surface area contributed by atoms with Crippen molar-refractivity contribution >= 4 is 11.7 Å². The minimum absolute atomic E-state index is 0.0379. The van der Waals surface area contributed by atoms with Crippen molar-refractivity contribution in [3.05, 3.63) is 18.3 Å². The summed E-state index contributed by atoms with van der Waals surface area (Å²) in [5, 5.41) is 20.0. The molecule has 23 heavy (non-hydrogen) atoms. The number of anilines is 1. The molecular formula is C15H20F2N4O2. The third-order valence-corrected chi connectivity index (χ3v) is 4.69. The Hall–Kier alpha value is -1.83. The third kappa shape index (κ3) is 2.99. The summed E-state index contributed by atoms with van der Waals surface area (Å²) < 4.78 is 28.2. The van der Waals surface area contributed by atoms with Crippen LogP contribution in [0.1, 0.15) is 32.1 Å². The van der Waals surface area contributed by atoms with Gasteiger partial charge in [-0.2, -0.15) is 13.9 Å². The average Bonchev–Trinajstić information content (AvgIpc) is 2.53. The molecule has 8 heteroatoms. The molecule has 1 amide bonds. The molecule has 1 atom stereocenters. The van der Waals surface area contributed by atoms with E-state index in [4.69, 9.17) is 0 Å². The number of rotatable bonds is 4. The van der Waals surface area contributed by atoms with Gasteiger partial charge in [0.15, 0.2) is 5.82 Å². The number of hydrogen-bond acceptors (Lipinski definition) is 5. The second-order valence-electron chi connectivity index (χ2n) is 6.30. The van der Waals surface area contributed by atoms with Crippen LogP contribution in [-0.2, 0) is 4.79 Å². The number of piperidine rings is 1. The van der Waals surface area contributed by atoms with Crippen LogP contribution in [-0.4, -0.2) is 51.9 Å². The molecule has 0 spiro atoms. The van der Waals surface area contributed by atoms with Gasteiger partial charge in [-0.25, -0.2) is 0 Å². The van der Waals surface area contributed by atoms with Gasteiger partial charge >= 0.3 is 5.92 Å². The number of aliphatic hydroxyl groups is 1. The largest absolute Gasteiger partial charge is 0.383 e. The third-order valence-electron chi connectivity index (χ3n) is 4.69. The number of alkyl halides is 2. The highest BCUT2D eigenvalue weighted by Crippen LogP contribution is 2.44. The molecule has 2 heterocycles. The molecule has 1 aliphatic carbocycles. The molecule has 1 aromatic rings. The zero-order chi connectivity index (χ0) is 16.5. The zero-order valence-electron chi connectivity index (χ0n) is 12.7. The summed E-state index contributed by atoms with van der Waals surface area (Å²) in [7, 11) is 0. The van der Waals surface area contributed by atoms with Crippen LogP contribution >= 0.6 is 0 Å². The van der Waals surface area contributed by atoms with Gasteiger partial charge in [0.05, 0.1) is 0 Å². The first-order chi connectivity index (χ1) is 10.9. The van der Waals surface area contributed by atoms with E-state index >= 15 is 0 Å². The summed E-state index contributed by atoms with van der Waals surface area (Å²) in [5.41, 5.74) is -2.18. The van der Waals surface area contributed by atoms with Crippen molar-refractivity contribution < 1.29 is 18.7 Å². The summed E-state index contributed by atoms with van der Waals surface area (Å²) in [6, 6.07) is 3.15. The monoisotopic (exact) mass is 326 g/mol.